The zero-order chi connectivity index (χ0) is 24.3. The molecular formula is C26H28F2N2O4. The van der Waals surface area contributed by atoms with Crippen molar-refractivity contribution in [3.8, 4) is 11.5 Å². The molecule has 8 heteroatoms. The predicted octanol–water partition coefficient (Wildman–Crippen LogP) is 5.31. The summed E-state index contributed by atoms with van der Waals surface area (Å²) in [6.45, 7) is 7.29. The highest BCUT2D eigenvalue weighted by Crippen LogP contribution is 2.52. The highest BCUT2D eigenvalue weighted by Gasteiger charge is 2.52. The number of aromatic nitrogens is 1. The van der Waals surface area contributed by atoms with Crippen molar-refractivity contribution in [2.45, 2.75) is 63.7 Å². The molecule has 5 rings (SSSR count). The quantitative estimate of drug-likeness (QED) is 0.512. The number of alkyl halides is 2. The minimum absolute atomic E-state index is 0.0317. The molecule has 1 saturated carbocycles. The number of ether oxygens (including phenoxy) is 2. The van der Waals surface area contributed by atoms with Crippen LogP contribution >= 0.6 is 0 Å². The standard InChI is InChI=1S/C26H28F2N2O4/c1-24(2,3)22-14-16-13-18(6-7-19(16)30(22)11-4-12-31)29-23(32)25(9-10-25)17-5-8-20-21(15-17)34-26(27,28)33-20/h5-8,13-15,31H,4,9-12H2,1-3H3,(H,29,32). The first-order valence-electron chi connectivity index (χ1n) is 11.5. The number of aryl methyl sites for hydroxylation is 1. The molecule has 0 atom stereocenters. The van der Waals surface area contributed by atoms with E-state index in [1.54, 1.807) is 6.07 Å². The zero-order valence-electron chi connectivity index (χ0n) is 19.5. The number of halogens is 2. The number of carbonyl (C=O) groups excluding carboxylic acids is 1. The fourth-order valence-electron chi connectivity index (χ4n) is 4.71. The summed E-state index contributed by atoms with van der Waals surface area (Å²) in [6.07, 6.45) is -1.77. The molecule has 2 aromatic carbocycles. The van der Waals surface area contributed by atoms with Gasteiger partial charge in [-0.2, -0.15) is 0 Å². The summed E-state index contributed by atoms with van der Waals surface area (Å²) in [5, 5.41) is 13.3. The predicted molar refractivity (Wildman–Crippen MR) is 125 cm³/mol. The Hall–Kier alpha value is -3.13. The number of carbonyl (C=O) groups is 1. The van der Waals surface area contributed by atoms with Gasteiger partial charge >= 0.3 is 6.29 Å². The Morgan fingerprint density at radius 3 is 2.50 bits per heavy atom. The van der Waals surface area contributed by atoms with Gasteiger partial charge in [0.25, 0.3) is 0 Å². The first kappa shape index (κ1) is 22.7. The summed E-state index contributed by atoms with van der Waals surface area (Å²) in [5.74, 6) is -0.258. The van der Waals surface area contributed by atoms with Crippen LogP contribution in [0.2, 0.25) is 0 Å². The molecule has 0 radical (unpaired) electrons. The molecule has 6 nitrogen and oxygen atoms in total. The molecule has 0 saturated heterocycles. The number of anilines is 1. The highest BCUT2D eigenvalue weighted by atomic mass is 19.3. The minimum Gasteiger partial charge on any atom is -0.396 e. The van der Waals surface area contributed by atoms with E-state index in [4.69, 9.17) is 0 Å². The number of amides is 1. The highest BCUT2D eigenvalue weighted by molar-refractivity contribution is 6.02. The number of nitrogens with zero attached hydrogens (tertiary/aromatic N) is 1. The van der Waals surface area contributed by atoms with Crippen LogP contribution in [0.3, 0.4) is 0 Å². The van der Waals surface area contributed by atoms with Gasteiger partial charge in [0.15, 0.2) is 11.5 Å². The van der Waals surface area contributed by atoms with Crippen molar-refractivity contribution in [3.05, 3.63) is 53.7 Å². The monoisotopic (exact) mass is 470 g/mol. The van der Waals surface area contributed by atoms with E-state index in [0.717, 1.165) is 16.6 Å². The number of benzene rings is 2. The maximum absolute atomic E-state index is 13.4. The lowest BCUT2D eigenvalue weighted by Crippen LogP contribution is -2.27. The summed E-state index contributed by atoms with van der Waals surface area (Å²) in [5.41, 5.74) is 2.68. The van der Waals surface area contributed by atoms with E-state index in [0.29, 0.717) is 37.1 Å². The van der Waals surface area contributed by atoms with Gasteiger partial charge in [-0.1, -0.05) is 26.8 Å². The van der Waals surface area contributed by atoms with Crippen LogP contribution in [-0.2, 0) is 22.2 Å². The van der Waals surface area contributed by atoms with Gasteiger partial charge in [-0.05, 0) is 61.2 Å². The molecule has 2 heterocycles. The molecule has 3 aromatic rings. The Labute approximate surface area is 196 Å². The lowest BCUT2D eigenvalue weighted by atomic mass is 9.92. The molecule has 0 unspecified atom stereocenters. The van der Waals surface area contributed by atoms with Gasteiger partial charge < -0.3 is 24.5 Å². The van der Waals surface area contributed by atoms with E-state index in [1.807, 2.05) is 18.2 Å². The molecule has 2 aliphatic rings. The van der Waals surface area contributed by atoms with Crippen LogP contribution in [0.15, 0.2) is 42.5 Å². The summed E-state index contributed by atoms with van der Waals surface area (Å²) in [7, 11) is 0. The smallest absolute Gasteiger partial charge is 0.396 e. The number of hydrogen-bond donors (Lipinski definition) is 2. The number of rotatable bonds is 6. The number of fused-ring (bicyclic) bond motifs is 2. The molecule has 1 aliphatic carbocycles. The third-order valence-electron chi connectivity index (χ3n) is 6.61. The number of aliphatic hydroxyl groups is 1. The second-order valence-electron chi connectivity index (χ2n) is 10.1. The first-order valence-corrected chi connectivity index (χ1v) is 11.5. The van der Waals surface area contributed by atoms with Gasteiger partial charge in [-0.25, -0.2) is 0 Å². The fourth-order valence-corrected chi connectivity index (χ4v) is 4.71. The number of nitrogens with one attached hydrogen (secondary N) is 1. The third-order valence-corrected chi connectivity index (χ3v) is 6.61. The van der Waals surface area contributed by atoms with Gasteiger partial charge in [-0.3, -0.25) is 4.79 Å². The van der Waals surface area contributed by atoms with Crippen LogP contribution in [0.25, 0.3) is 10.9 Å². The normalized spacial score (nSPS) is 17.7. The average Bonchev–Trinajstić information content (AvgIpc) is 3.39. The van der Waals surface area contributed by atoms with E-state index in [-0.39, 0.29) is 29.4 Å². The van der Waals surface area contributed by atoms with Crippen molar-refractivity contribution >= 4 is 22.5 Å². The van der Waals surface area contributed by atoms with Gasteiger partial charge in [0.05, 0.1) is 5.41 Å². The second kappa shape index (κ2) is 7.70. The summed E-state index contributed by atoms with van der Waals surface area (Å²) in [6, 6.07) is 12.5. The van der Waals surface area contributed by atoms with E-state index in [2.05, 4.69) is 46.2 Å². The largest absolute Gasteiger partial charge is 0.586 e. The number of aliphatic hydroxyl groups excluding tert-OH is 1. The van der Waals surface area contributed by atoms with Crippen molar-refractivity contribution in [1.82, 2.24) is 4.57 Å². The topological polar surface area (TPSA) is 72.7 Å². The molecule has 1 aromatic heterocycles. The van der Waals surface area contributed by atoms with Gasteiger partial charge in [-0.15, -0.1) is 8.78 Å². The summed E-state index contributed by atoms with van der Waals surface area (Å²) < 4.78 is 38.0. The van der Waals surface area contributed by atoms with Gasteiger partial charge in [0.2, 0.25) is 5.91 Å². The maximum atomic E-state index is 13.4. The Balaban J connectivity index is 1.41. The number of hydrogen-bond acceptors (Lipinski definition) is 4. The van der Waals surface area contributed by atoms with Crippen LogP contribution in [0, 0.1) is 0 Å². The van der Waals surface area contributed by atoms with Crippen LogP contribution in [0.4, 0.5) is 14.5 Å². The molecule has 0 spiro atoms. The lowest BCUT2D eigenvalue weighted by molar-refractivity contribution is -0.286. The zero-order valence-corrected chi connectivity index (χ0v) is 19.5. The summed E-state index contributed by atoms with van der Waals surface area (Å²) in [4.78, 5) is 13.3. The van der Waals surface area contributed by atoms with Gasteiger partial charge in [0, 0.05) is 40.9 Å². The van der Waals surface area contributed by atoms with Crippen LogP contribution in [-0.4, -0.2) is 28.5 Å². The average molecular weight is 471 g/mol. The Kier molecular flexibility index (Phi) is 5.13. The Morgan fingerprint density at radius 1 is 1.09 bits per heavy atom. The van der Waals surface area contributed by atoms with Crippen LogP contribution < -0.4 is 14.8 Å². The second-order valence-corrected chi connectivity index (χ2v) is 10.1. The molecular weight excluding hydrogens is 442 g/mol. The van der Waals surface area contributed by atoms with E-state index >= 15 is 0 Å². The molecule has 180 valence electrons. The third kappa shape index (κ3) is 3.90. The SMILES string of the molecule is CC(C)(C)c1cc2cc(NC(=O)C3(c4ccc5c(c4)OC(F)(F)O5)CC3)ccc2n1CCCO. The van der Waals surface area contributed by atoms with Crippen molar-refractivity contribution < 1.29 is 28.2 Å². The molecule has 1 amide bonds. The fraction of sp³-hybridized carbons (Fsp3) is 0.423. The minimum atomic E-state index is -3.69. The van der Waals surface area contributed by atoms with Crippen LogP contribution in [0.1, 0.15) is 51.3 Å². The van der Waals surface area contributed by atoms with Gasteiger partial charge in [0.1, 0.15) is 0 Å². The van der Waals surface area contributed by atoms with Crippen molar-refractivity contribution in [3.63, 3.8) is 0 Å². The Bertz CT molecular complexity index is 1270. The molecule has 1 aliphatic heterocycles. The molecule has 1 fully saturated rings. The van der Waals surface area contributed by atoms with E-state index < -0.39 is 11.7 Å². The van der Waals surface area contributed by atoms with Crippen molar-refractivity contribution in [2.75, 3.05) is 11.9 Å². The summed E-state index contributed by atoms with van der Waals surface area (Å²) >= 11 is 0. The van der Waals surface area contributed by atoms with E-state index in [9.17, 15) is 18.7 Å². The lowest BCUT2D eigenvalue weighted by Gasteiger charge is -2.22. The Morgan fingerprint density at radius 2 is 1.82 bits per heavy atom. The maximum Gasteiger partial charge on any atom is 0.586 e. The van der Waals surface area contributed by atoms with Crippen LogP contribution in [0.5, 0.6) is 11.5 Å². The van der Waals surface area contributed by atoms with E-state index in [1.165, 1.54) is 12.1 Å². The first-order chi connectivity index (χ1) is 16.0. The van der Waals surface area contributed by atoms with Crippen molar-refractivity contribution in [1.29, 1.82) is 0 Å². The molecule has 34 heavy (non-hydrogen) atoms. The van der Waals surface area contributed by atoms with Crippen molar-refractivity contribution in [2.24, 2.45) is 0 Å². The molecule has 2 N–H and O–H groups in total. The molecule has 0 bridgehead atoms.